The number of rotatable bonds is 6. The van der Waals surface area contributed by atoms with Crippen LogP contribution in [0.2, 0.25) is 0 Å². The normalized spacial score (nSPS) is 27.2. The summed E-state index contributed by atoms with van der Waals surface area (Å²) in [6.07, 6.45) is 2.59. The summed E-state index contributed by atoms with van der Waals surface area (Å²) in [5, 5.41) is 3.12. The molecular formula is C19H29N3O3. The minimum atomic E-state index is 0.120. The first-order chi connectivity index (χ1) is 12.2. The van der Waals surface area contributed by atoms with Gasteiger partial charge in [-0.1, -0.05) is 12.1 Å². The molecule has 3 N–H and O–H groups in total. The van der Waals surface area contributed by atoms with Crippen molar-refractivity contribution < 1.29 is 14.3 Å². The molecule has 3 unspecified atom stereocenters. The number of nitrogens with one attached hydrogen (secondary N) is 3. The van der Waals surface area contributed by atoms with Crippen LogP contribution >= 0.6 is 0 Å². The van der Waals surface area contributed by atoms with Crippen molar-refractivity contribution in [2.45, 2.75) is 38.3 Å². The fourth-order valence-electron chi connectivity index (χ4n) is 3.66. The zero-order chi connectivity index (χ0) is 17.6. The molecule has 2 aliphatic rings. The Balaban J connectivity index is 1.55. The van der Waals surface area contributed by atoms with E-state index in [1.807, 2.05) is 12.1 Å². The van der Waals surface area contributed by atoms with Crippen LogP contribution in [0, 0.1) is 11.8 Å². The van der Waals surface area contributed by atoms with E-state index in [1.165, 1.54) is 5.56 Å². The third-order valence-electron chi connectivity index (χ3n) is 5.36. The van der Waals surface area contributed by atoms with Crippen LogP contribution in [0.1, 0.15) is 37.8 Å². The topological polar surface area (TPSA) is 71.6 Å². The second-order valence-corrected chi connectivity index (χ2v) is 7.06. The van der Waals surface area contributed by atoms with Gasteiger partial charge in [0.15, 0.2) is 0 Å². The number of methoxy groups -OCH3 is 1. The molecule has 0 radical (unpaired) electrons. The van der Waals surface area contributed by atoms with Crippen LogP contribution < -0.4 is 20.9 Å². The first-order valence-electron chi connectivity index (χ1n) is 9.17. The molecule has 0 spiro atoms. The third kappa shape index (κ3) is 4.71. The highest BCUT2D eigenvalue weighted by molar-refractivity contribution is 5.76. The lowest BCUT2D eigenvalue weighted by Gasteiger charge is -2.24. The molecule has 6 nitrogen and oxygen atoms in total. The Hall–Kier alpha value is -1.63. The third-order valence-corrected chi connectivity index (χ3v) is 5.36. The summed E-state index contributed by atoms with van der Waals surface area (Å²) in [6, 6.07) is 8.40. The van der Waals surface area contributed by atoms with Crippen molar-refractivity contribution in [3.8, 4) is 5.75 Å². The molecule has 2 aliphatic heterocycles. The Bertz CT molecular complexity index is 558. The molecule has 0 bridgehead atoms. The largest absolute Gasteiger partial charge is 0.497 e. The molecule has 3 rings (SSSR count). The molecule has 0 aromatic heterocycles. The molecule has 1 aromatic rings. The molecule has 6 heteroatoms. The Labute approximate surface area is 149 Å². The molecule has 2 heterocycles. The number of carbonyl (C=O) groups excluding carboxylic acids is 1. The van der Waals surface area contributed by atoms with Crippen molar-refractivity contribution >= 4 is 5.91 Å². The van der Waals surface area contributed by atoms with Gasteiger partial charge in [0.1, 0.15) is 5.75 Å². The lowest BCUT2D eigenvalue weighted by atomic mass is 9.87. The maximum Gasteiger partial charge on any atom is 0.220 e. The van der Waals surface area contributed by atoms with Gasteiger partial charge in [-0.3, -0.25) is 10.2 Å². The van der Waals surface area contributed by atoms with E-state index in [-0.39, 0.29) is 23.9 Å². The molecule has 0 aliphatic carbocycles. The number of benzene rings is 1. The Morgan fingerprint density at radius 2 is 1.96 bits per heavy atom. The van der Waals surface area contributed by atoms with E-state index in [0.717, 1.165) is 38.3 Å². The smallest absolute Gasteiger partial charge is 0.220 e. The summed E-state index contributed by atoms with van der Waals surface area (Å²) >= 11 is 0. The Morgan fingerprint density at radius 1 is 1.24 bits per heavy atom. The lowest BCUT2D eigenvalue weighted by Crippen LogP contribution is -2.35. The first-order valence-corrected chi connectivity index (χ1v) is 9.17. The van der Waals surface area contributed by atoms with E-state index >= 15 is 0 Å². The molecular weight excluding hydrogens is 318 g/mol. The predicted molar refractivity (Wildman–Crippen MR) is 96.1 cm³/mol. The van der Waals surface area contributed by atoms with Crippen molar-refractivity contribution in [2.24, 2.45) is 11.8 Å². The van der Waals surface area contributed by atoms with Gasteiger partial charge in [-0.15, -0.1) is 0 Å². The second-order valence-electron chi connectivity index (χ2n) is 7.06. The number of hydrogen-bond donors (Lipinski definition) is 3. The van der Waals surface area contributed by atoms with Gasteiger partial charge in [0, 0.05) is 38.1 Å². The first kappa shape index (κ1) is 18.2. The van der Waals surface area contributed by atoms with Crippen molar-refractivity contribution in [3.63, 3.8) is 0 Å². The summed E-state index contributed by atoms with van der Waals surface area (Å²) in [4.78, 5) is 12.4. The van der Waals surface area contributed by atoms with E-state index in [4.69, 9.17) is 9.47 Å². The number of carbonyl (C=O) groups is 1. The van der Waals surface area contributed by atoms with Crippen LogP contribution in [0.5, 0.6) is 5.75 Å². The quantitative estimate of drug-likeness (QED) is 0.732. The van der Waals surface area contributed by atoms with Gasteiger partial charge in [-0.2, -0.15) is 0 Å². The highest BCUT2D eigenvalue weighted by Gasteiger charge is 2.35. The molecule has 0 saturated carbocycles. The van der Waals surface area contributed by atoms with Gasteiger partial charge in [-0.25, -0.2) is 5.43 Å². The monoisotopic (exact) mass is 347 g/mol. The van der Waals surface area contributed by atoms with Gasteiger partial charge in [0.2, 0.25) is 5.91 Å². The fourth-order valence-corrected chi connectivity index (χ4v) is 3.66. The summed E-state index contributed by atoms with van der Waals surface area (Å²) in [7, 11) is 1.66. The molecule has 138 valence electrons. The van der Waals surface area contributed by atoms with Crippen molar-refractivity contribution in [1.29, 1.82) is 0 Å². The molecule has 2 fully saturated rings. The number of hydrazine groups is 1. The molecule has 3 atom stereocenters. The Kier molecular flexibility index (Phi) is 6.29. The van der Waals surface area contributed by atoms with Crippen LogP contribution in [-0.4, -0.2) is 38.8 Å². The van der Waals surface area contributed by atoms with Crippen LogP contribution in [0.3, 0.4) is 0 Å². The number of ether oxygens (including phenoxy) is 2. The standard InChI is InChI=1S/C19H29N3O3/c1-13-17(11-18(23)20-12-14-7-9-25-10-8-14)19(22-21-13)15-3-5-16(24-2)6-4-15/h3-6,13-14,17,19,21-22H,7-12H2,1-2H3,(H,20,23). The van der Waals surface area contributed by atoms with E-state index < -0.39 is 0 Å². The number of hydrogen-bond acceptors (Lipinski definition) is 5. The van der Waals surface area contributed by atoms with Crippen molar-refractivity contribution in [3.05, 3.63) is 29.8 Å². The highest BCUT2D eigenvalue weighted by atomic mass is 16.5. The Morgan fingerprint density at radius 3 is 2.64 bits per heavy atom. The van der Waals surface area contributed by atoms with Crippen LogP contribution in [-0.2, 0) is 9.53 Å². The van der Waals surface area contributed by atoms with E-state index in [2.05, 4.69) is 35.2 Å². The molecule has 1 amide bonds. The maximum atomic E-state index is 12.4. The van der Waals surface area contributed by atoms with Gasteiger partial charge >= 0.3 is 0 Å². The second kappa shape index (κ2) is 8.65. The van der Waals surface area contributed by atoms with E-state index in [1.54, 1.807) is 7.11 Å². The predicted octanol–water partition coefficient (Wildman–Crippen LogP) is 1.78. The molecule has 1 aromatic carbocycles. The molecule has 25 heavy (non-hydrogen) atoms. The fraction of sp³-hybridized carbons (Fsp3) is 0.632. The van der Waals surface area contributed by atoms with Crippen molar-refractivity contribution in [1.82, 2.24) is 16.2 Å². The van der Waals surface area contributed by atoms with Gasteiger partial charge in [-0.05, 0) is 43.4 Å². The van der Waals surface area contributed by atoms with Crippen molar-refractivity contribution in [2.75, 3.05) is 26.9 Å². The average molecular weight is 347 g/mol. The lowest BCUT2D eigenvalue weighted by molar-refractivity contribution is -0.122. The van der Waals surface area contributed by atoms with Gasteiger partial charge in [0.05, 0.1) is 13.2 Å². The van der Waals surface area contributed by atoms with Crippen LogP contribution in [0.15, 0.2) is 24.3 Å². The highest BCUT2D eigenvalue weighted by Crippen LogP contribution is 2.32. The summed E-state index contributed by atoms with van der Waals surface area (Å²) in [5.74, 6) is 1.73. The summed E-state index contributed by atoms with van der Waals surface area (Å²) < 4.78 is 10.6. The SMILES string of the molecule is COc1ccc(C2NNC(C)C2CC(=O)NCC2CCOCC2)cc1. The maximum absolute atomic E-state index is 12.4. The average Bonchev–Trinajstić information content (AvgIpc) is 3.01. The minimum absolute atomic E-state index is 0.120. The number of amides is 1. The van der Waals surface area contributed by atoms with Crippen LogP contribution in [0.4, 0.5) is 0 Å². The zero-order valence-corrected chi connectivity index (χ0v) is 15.1. The summed E-state index contributed by atoms with van der Waals surface area (Å²) in [6.45, 7) is 4.51. The van der Waals surface area contributed by atoms with Gasteiger partial charge < -0.3 is 14.8 Å². The zero-order valence-electron chi connectivity index (χ0n) is 15.1. The van der Waals surface area contributed by atoms with Crippen LogP contribution in [0.25, 0.3) is 0 Å². The summed E-state index contributed by atoms with van der Waals surface area (Å²) in [5.41, 5.74) is 7.78. The molecule has 2 saturated heterocycles. The van der Waals surface area contributed by atoms with E-state index in [9.17, 15) is 4.79 Å². The minimum Gasteiger partial charge on any atom is -0.497 e. The van der Waals surface area contributed by atoms with E-state index in [0.29, 0.717) is 12.3 Å². The van der Waals surface area contributed by atoms with Gasteiger partial charge in [0.25, 0.3) is 0 Å².